The van der Waals surface area contributed by atoms with Crippen LogP contribution in [0.4, 0.5) is 5.13 Å². The van der Waals surface area contributed by atoms with Crippen LogP contribution in [0.1, 0.15) is 21.5 Å². The van der Waals surface area contributed by atoms with E-state index in [1.807, 2.05) is 29.2 Å². The van der Waals surface area contributed by atoms with Gasteiger partial charge in [0.15, 0.2) is 5.13 Å². The number of aryl methyl sites for hydroxylation is 2. The third kappa shape index (κ3) is 3.12. The Bertz CT molecular complexity index is 937. The number of carbonyl (C=O) groups excluding carboxylic acids is 1. The molecule has 1 aromatic heterocycles. The lowest BCUT2D eigenvalue weighted by Gasteiger charge is -2.34. The van der Waals surface area contributed by atoms with Crippen molar-refractivity contribution in [3.05, 3.63) is 57.6 Å². The van der Waals surface area contributed by atoms with E-state index in [4.69, 9.17) is 4.98 Å². The highest BCUT2D eigenvalue weighted by molar-refractivity contribution is 9.10. The zero-order valence-electron chi connectivity index (χ0n) is 14.8. The lowest BCUT2D eigenvalue weighted by Crippen LogP contribution is -2.48. The van der Waals surface area contributed by atoms with Crippen LogP contribution in [0.3, 0.4) is 0 Å². The molecule has 134 valence electrons. The van der Waals surface area contributed by atoms with Gasteiger partial charge in [-0.3, -0.25) is 4.79 Å². The third-order valence-corrected chi connectivity index (χ3v) is 6.82. The summed E-state index contributed by atoms with van der Waals surface area (Å²) in [6, 6.07) is 11.9. The molecule has 1 amide bonds. The van der Waals surface area contributed by atoms with E-state index < -0.39 is 0 Å². The van der Waals surface area contributed by atoms with Crippen LogP contribution in [-0.4, -0.2) is 42.0 Å². The first-order valence-electron chi connectivity index (χ1n) is 8.70. The van der Waals surface area contributed by atoms with Gasteiger partial charge in [0, 0.05) is 30.7 Å². The van der Waals surface area contributed by atoms with E-state index in [-0.39, 0.29) is 5.91 Å². The van der Waals surface area contributed by atoms with Gasteiger partial charge >= 0.3 is 0 Å². The van der Waals surface area contributed by atoms with Crippen molar-refractivity contribution in [1.29, 1.82) is 0 Å². The molecule has 1 aliphatic heterocycles. The van der Waals surface area contributed by atoms with Crippen LogP contribution >= 0.6 is 27.3 Å². The molecule has 4 nitrogen and oxygen atoms in total. The van der Waals surface area contributed by atoms with E-state index in [2.05, 4.69) is 46.8 Å². The lowest BCUT2D eigenvalue weighted by molar-refractivity contribution is 0.0746. The maximum absolute atomic E-state index is 12.8. The molecule has 1 saturated heterocycles. The van der Waals surface area contributed by atoms with Crippen molar-refractivity contribution in [2.45, 2.75) is 13.8 Å². The standard InChI is InChI=1S/C20H20BrN3OS/c1-13-7-8-14(2)18-17(13)22-20(26-18)24-11-9-23(10-12-24)19(25)15-5-3-4-6-16(15)21/h3-8H,9-12H2,1-2H3. The zero-order valence-corrected chi connectivity index (χ0v) is 17.2. The lowest BCUT2D eigenvalue weighted by atomic mass is 10.1. The van der Waals surface area contributed by atoms with Crippen molar-refractivity contribution in [3.63, 3.8) is 0 Å². The van der Waals surface area contributed by atoms with Gasteiger partial charge in [-0.1, -0.05) is 35.6 Å². The highest BCUT2D eigenvalue weighted by Crippen LogP contribution is 2.33. The number of halogens is 1. The third-order valence-electron chi connectivity index (χ3n) is 4.87. The van der Waals surface area contributed by atoms with E-state index in [1.54, 1.807) is 11.3 Å². The minimum absolute atomic E-state index is 0.0908. The van der Waals surface area contributed by atoms with Gasteiger partial charge in [-0.2, -0.15) is 0 Å². The first-order valence-corrected chi connectivity index (χ1v) is 10.3. The molecule has 0 bridgehead atoms. The Morgan fingerprint density at radius 1 is 1.04 bits per heavy atom. The fourth-order valence-corrected chi connectivity index (χ4v) is 4.91. The average molecular weight is 430 g/mol. The second-order valence-corrected chi connectivity index (χ2v) is 8.46. The molecule has 0 aliphatic carbocycles. The molecular weight excluding hydrogens is 410 g/mol. The van der Waals surface area contributed by atoms with Gasteiger partial charge < -0.3 is 9.80 Å². The van der Waals surface area contributed by atoms with Crippen LogP contribution in [-0.2, 0) is 0 Å². The van der Waals surface area contributed by atoms with E-state index in [9.17, 15) is 4.79 Å². The summed E-state index contributed by atoms with van der Waals surface area (Å²) in [5.74, 6) is 0.0908. The van der Waals surface area contributed by atoms with Crippen LogP contribution in [0.25, 0.3) is 10.2 Å². The molecule has 1 aliphatic rings. The quantitative estimate of drug-likeness (QED) is 0.595. The monoisotopic (exact) mass is 429 g/mol. The largest absolute Gasteiger partial charge is 0.345 e. The van der Waals surface area contributed by atoms with E-state index in [1.165, 1.54) is 15.8 Å². The van der Waals surface area contributed by atoms with Gasteiger partial charge in [0.05, 0.1) is 15.8 Å². The SMILES string of the molecule is Cc1ccc(C)c2sc(N3CCN(C(=O)c4ccccc4Br)CC3)nc12. The Labute approximate surface area is 165 Å². The predicted molar refractivity (Wildman–Crippen MR) is 111 cm³/mol. The van der Waals surface area contributed by atoms with Crippen LogP contribution in [0, 0.1) is 13.8 Å². The maximum atomic E-state index is 12.8. The number of hydrogen-bond donors (Lipinski definition) is 0. The van der Waals surface area contributed by atoms with E-state index >= 15 is 0 Å². The number of benzene rings is 2. The summed E-state index contributed by atoms with van der Waals surface area (Å²) in [7, 11) is 0. The molecular formula is C20H20BrN3OS. The van der Waals surface area contributed by atoms with Crippen molar-refractivity contribution in [3.8, 4) is 0 Å². The number of thiazole rings is 1. The smallest absolute Gasteiger partial charge is 0.255 e. The number of carbonyl (C=O) groups is 1. The van der Waals surface area contributed by atoms with Gasteiger partial charge in [0.2, 0.25) is 0 Å². The molecule has 0 atom stereocenters. The zero-order chi connectivity index (χ0) is 18.3. The molecule has 1 fully saturated rings. The number of rotatable bonds is 2. The summed E-state index contributed by atoms with van der Waals surface area (Å²) in [5.41, 5.74) is 4.33. The van der Waals surface area contributed by atoms with Crippen molar-refractivity contribution in [2.75, 3.05) is 31.1 Å². The number of aromatic nitrogens is 1. The molecule has 3 aromatic rings. The summed E-state index contributed by atoms with van der Waals surface area (Å²) >= 11 is 5.24. The molecule has 2 aromatic carbocycles. The topological polar surface area (TPSA) is 36.4 Å². The van der Waals surface area contributed by atoms with Crippen LogP contribution in [0.2, 0.25) is 0 Å². The number of amides is 1. The maximum Gasteiger partial charge on any atom is 0.255 e. The Morgan fingerprint density at radius 3 is 2.42 bits per heavy atom. The van der Waals surface area contributed by atoms with E-state index in [0.717, 1.165) is 33.8 Å². The van der Waals surface area contributed by atoms with E-state index in [0.29, 0.717) is 13.1 Å². The molecule has 2 heterocycles. The normalized spacial score (nSPS) is 14.9. The van der Waals surface area contributed by atoms with Gasteiger partial charge in [-0.25, -0.2) is 4.98 Å². The summed E-state index contributed by atoms with van der Waals surface area (Å²) < 4.78 is 2.12. The molecule has 0 spiro atoms. The van der Waals surface area contributed by atoms with Crippen molar-refractivity contribution in [2.24, 2.45) is 0 Å². The molecule has 4 rings (SSSR count). The molecule has 0 unspecified atom stereocenters. The van der Waals surface area contributed by atoms with Crippen molar-refractivity contribution < 1.29 is 4.79 Å². The average Bonchev–Trinajstić information content (AvgIpc) is 3.12. The van der Waals surface area contributed by atoms with Crippen LogP contribution in [0.15, 0.2) is 40.9 Å². The fraction of sp³-hybridized carbons (Fsp3) is 0.300. The van der Waals surface area contributed by atoms with Gasteiger partial charge in [-0.15, -0.1) is 0 Å². The van der Waals surface area contributed by atoms with Gasteiger partial charge in [-0.05, 0) is 53.0 Å². The minimum Gasteiger partial charge on any atom is -0.345 e. The fourth-order valence-electron chi connectivity index (χ4n) is 3.29. The molecule has 26 heavy (non-hydrogen) atoms. The number of piperazine rings is 1. The first-order chi connectivity index (χ1) is 12.5. The van der Waals surface area contributed by atoms with Gasteiger partial charge in [0.1, 0.15) is 0 Å². The number of hydrogen-bond acceptors (Lipinski definition) is 4. The first kappa shape index (κ1) is 17.5. The van der Waals surface area contributed by atoms with Crippen LogP contribution in [0.5, 0.6) is 0 Å². The molecule has 0 radical (unpaired) electrons. The Kier molecular flexibility index (Phi) is 4.71. The highest BCUT2D eigenvalue weighted by atomic mass is 79.9. The highest BCUT2D eigenvalue weighted by Gasteiger charge is 2.25. The second-order valence-electron chi connectivity index (χ2n) is 6.63. The summed E-state index contributed by atoms with van der Waals surface area (Å²) in [6.45, 7) is 7.31. The number of nitrogens with zero attached hydrogens (tertiary/aromatic N) is 3. The minimum atomic E-state index is 0.0908. The number of anilines is 1. The second kappa shape index (κ2) is 7.00. The van der Waals surface area contributed by atoms with Crippen LogP contribution < -0.4 is 4.90 Å². The summed E-state index contributed by atoms with van der Waals surface area (Å²) in [5, 5.41) is 1.06. The summed E-state index contributed by atoms with van der Waals surface area (Å²) in [6.07, 6.45) is 0. The molecule has 6 heteroatoms. The molecule has 0 saturated carbocycles. The Hall–Kier alpha value is -1.92. The predicted octanol–water partition coefficient (Wildman–Crippen LogP) is 4.64. The van der Waals surface area contributed by atoms with Crippen molar-refractivity contribution >= 4 is 48.5 Å². The Morgan fingerprint density at radius 2 is 1.73 bits per heavy atom. The molecule has 0 N–H and O–H groups in total. The summed E-state index contributed by atoms with van der Waals surface area (Å²) in [4.78, 5) is 21.9. The Balaban J connectivity index is 1.50. The van der Waals surface area contributed by atoms with Crippen molar-refractivity contribution in [1.82, 2.24) is 9.88 Å². The van der Waals surface area contributed by atoms with Gasteiger partial charge in [0.25, 0.3) is 5.91 Å². The number of fused-ring (bicyclic) bond motifs is 1.